The lowest BCUT2D eigenvalue weighted by Crippen LogP contribution is -2.50. The first-order valence-corrected chi connectivity index (χ1v) is 10.2. The fraction of sp³-hybridized carbons (Fsp3) is 0.391. The Bertz CT molecular complexity index is 990. The zero-order valence-corrected chi connectivity index (χ0v) is 18.9. The number of hydrogen-bond donors (Lipinski definition) is 2. The number of nitrogens with zero attached hydrogens (tertiary/aromatic N) is 1. The molecule has 0 aliphatic heterocycles. The van der Waals surface area contributed by atoms with E-state index in [9.17, 15) is 19.7 Å². The second-order valence-corrected chi connectivity index (χ2v) is 7.70. The van der Waals surface area contributed by atoms with E-state index in [1.165, 1.54) is 26.4 Å². The summed E-state index contributed by atoms with van der Waals surface area (Å²) in [7, 11) is 2.85. The molecule has 2 amide bonds. The van der Waals surface area contributed by atoms with Crippen LogP contribution in [0.1, 0.15) is 35.3 Å². The summed E-state index contributed by atoms with van der Waals surface area (Å²) < 4.78 is 10.3. The highest BCUT2D eigenvalue weighted by Gasteiger charge is 2.25. The molecule has 32 heavy (non-hydrogen) atoms. The number of aryl methyl sites for hydroxylation is 1. The molecule has 0 heterocycles. The summed E-state index contributed by atoms with van der Waals surface area (Å²) in [6.45, 7) is 5.70. The highest BCUT2D eigenvalue weighted by atomic mass is 16.6. The van der Waals surface area contributed by atoms with E-state index in [0.29, 0.717) is 16.9 Å². The predicted octanol–water partition coefficient (Wildman–Crippen LogP) is 3.03. The van der Waals surface area contributed by atoms with E-state index >= 15 is 0 Å². The van der Waals surface area contributed by atoms with Gasteiger partial charge in [0.1, 0.15) is 6.04 Å². The van der Waals surface area contributed by atoms with Gasteiger partial charge >= 0.3 is 0 Å². The molecule has 0 aliphatic rings. The van der Waals surface area contributed by atoms with Crippen LogP contribution in [-0.4, -0.2) is 43.5 Å². The second-order valence-electron chi connectivity index (χ2n) is 7.70. The summed E-state index contributed by atoms with van der Waals surface area (Å²) in [6.07, 6.45) is 0.207. The molecule has 2 rings (SSSR count). The van der Waals surface area contributed by atoms with E-state index in [0.717, 1.165) is 5.56 Å². The van der Waals surface area contributed by atoms with Gasteiger partial charge in [-0.3, -0.25) is 19.7 Å². The minimum absolute atomic E-state index is 0.120. The van der Waals surface area contributed by atoms with Crippen molar-refractivity contribution < 1.29 is 24.0 Å². The first kappa shape index (κ1) is 24.6. The van der Waals surface area contributed by atoms with Gasteiger partial charge in [0, 0.05) is 17.7 Å². The van der Waals surface area contributed by atoms with E-state index in [4.69, 9.17) is 9.47 Å². The number of benzene rings is 2. The van der Waals surface area contributed by atoms with Gasteiger partial charge in [0.15, 0.2) is 11.5 Å². The molecule has 1 unspecified atom stereocenters. The standard InChI is InChI=1S/C23H29N3O6/c1-14(2)21(25-22(27)17-8-6-7-15(3)11-17)23(28)24-10-9-16-12-19(31-4)20(32-5)13-18(16)26(29)30/h6-8,11-14,21H,9-10H2,1-5H3,(H,24,28)(H,25,27). The smallest absolute Gasteiger partial charge is 0.276 e. The van der Waals surface area contributed by atoms with Gasteiger partial charge in [-0.1, -0.05) is 31.5 Å². The molecule has 0 spiro atoms. The predicted molar refractivity (Wildman–Crippen MR) is 120 cm³/mol. The maximum atomic E-state index is 12.7. The van der Waals surface area contributed by atoms with Crippen molar-refractivity contribution in [2.45, 2.75) is 33.2 Å². The quantitative estimate of drug-likeness (QED) is 0.430. The highest BCUT2D eigenvalue weighted by molar-refractivity contribution is 5.97. The lowest BCUT2D eigenvalue weighted by molar-refractivity contribution is -0.385. The molecular weight excluding hydrogens is 414 g/mol. The minimum atomic E-state index is -0.747. The molecule has 9 nitrogen and oxygen atoms in total. The van der Waals surface area contributed by atoms with Crippen LogP contribution in [-0.2, 0) is 11.2 Å². The number of methoxy groups -OCH3 is 2. The highest BCUT2D eigenvalue weighted by Crippen LogP contribution is 2.34. The van der Waals surface area contributed by atoms with Crippen LogP contribution in [0.15, 0.2) is 36.4 Å². The molecule has 0 fully saturated rings. The van der Waals surface area contributed by atoms with Crippen LogP contribution < -0.4 is 20.1 Å². The molecule has 2 aromatic carbocycles. The number of nitro benzene ring substituents is 1. The molecule has 9 heteroatoms. The SMILES string of the molecule is COc1cc(CCNC(=O)C(NC(=O)c2cccc(C)c2)C(C)C)c([N+](=O)[O-])cc1OC. The first-order valence-electron chi connectivity index (χ1n) is 10.2. The lowest BCUT2D eigenvalue weighted by Gasteiger charge is -2.22. The average Bonchev–Trinajstić information content (AvgIpc) is 2.76. The van der Waals surface area contributed by atoms with Gasteiger partial charge in [-0.05, 0) is 37.5 Å². The molecule has 0 saturated carbocycles. The summed E-state index contributed by atoms with van der Waals surface area (Å²) in [5, 5.41) is 17.0. The van der Waals surface area contributed by atoms with Crippen molar-refractivity contribution in [3.05, 3.63) is 63.2 Å². The number of carbonyl (C=O) groups excluding carboxylic acids is 2. The largest absolute Gasteiger partial charge is 0.493 e. The van der Waals surface area contributed by atoms with Crippen LogP contribution >= 0.6 is 0 Å². The molecular formula is C23H29N3O6. The van der Waals surface area contributed by atoms with Crippen molar-refractivity contribution >= 4 is 17.5 Å². The molecule has 2 N–H and O–H groups in total. The Labute approximate surface area is 187 Å². The molecule has 0 radical (unpaired) electrons. The zero-order valence-electron chi connectivity index (χ0n) is 18.9. The van der Waals surface area contributed by atoms with Gasteiger partial charge in [-0.2, -0.15) is 0 Å². The summed E-state index contributed by atoms with van der Waals surface area (Å²) in [6, 6.07) is 9.19. The molecule has 0 aromatic heterocycles. The number of nitro groups is 1. The normalized spacial score (nSPS) is 11.6. The van der Waals surface area contributed by atoms with E-state index in [1.807, 2.05) is 26.8 Å². The number of amides is 2. The summed E-state index contributed by atoms with van der Waals surface area (Å²) in [5.41, 5.74) is 1.70. The lowest BCUT2D eigenvalue weighted by atomic mass is 10.0. The van der Waals surface area contributed by atoms with Crippen LogP contribution in [0.3, 0.4) is 0 Å². The van der Waals surface area contributed by atoms with E-state index in [2.05, 4.69) is 10.6 Å². The molecule has 2 aromatic rings. The Kier molecular flexibility index (Phi) is 8.57. The van der Waals surface area contributed by atoms with Crippen molar-refractivity contribution in [1.82, 2.24) is 10.6 Å². The van der Waals surface area contributed by atoms with E-state index in [-0.39, 0.29) is 42.1 Å². The zero-order chi connectivity index (χ0) is 23.8. The molecule has 1 atom stereocenters. The van der Waals surface area contributed by atoms with Crippen molar-refractivity contribution in [3.63, 3.8) is 0 Å². The Balaban J connectivity index is 2.08. The minimum Gasteiger partial charge on any atom is -0.493 e. The van der Waals surface area contributed by atoms with Crippen molar-refractivity contribution in [1.29, 1.82) is 0 Å². The summed E-state index contributed by atoms with van der Waals surface area (Å²) >= 11 is 0. The van der Waals surface area contributed by atoms with Gasteiger partial charge in [0.2, 0.25) is 5.91 Å². The number of carbonyl (C=O) groups is 2. The van der Waals surface area contributed by atoms with Crippen molar-refractivity contribution in [3.8, 4) is 11.5 Å². The second kappa shape index (κ2) is 11.1. The third-order valence-corrected chi connectivity index (χ3v) is 4.99. The van der Waals surface area contributed by atoms with Crippen LogP contribution in [0, 0.1) is 23.0 Å². The van der Waals surface area contributed by atoms with Crippen LogP contribution in [0.4, 0.5) is 5.69 Å². The monoisotopic (exact) mass is 443 g/mol. The fourth-order valence-electron chi connectivity index (χ4n) is 3.26. The fourth-order valence-corrected chi connectivity index (χ4v) is 3.26. The van der Waals surface area contributed by atoms with Gasteiger partial charge in [-0.15, -0.1) is 0 Å². The van der Waals surface area contributed by atoms with Crippen molar-refractivity contribution in [2.75, 3.05) is 20.8 Å². The van der Waals surface area contributed by atoms with Gasteiger partial charge in [0.05, 0.1) is 25.2 Å². The Morgan fingerprint density at radius 2 is 1.75 bits per heavy atom. The molecule has 0 saturated heterocycles. The summed E-state index contributed by atoms with van der Waals surface area (Å²) in [5.74, 6) is -0.225. The van der Waals surface area contributed by atoms with Crippen LogP contribution in [0.2, 0.25) is 0 Å². The maximum Gasteiger partial charge on any atom is 0.276 e. The molecule has 0 aliphatic carbocycles. The Morgan fingerprint density at radius 3 is 2.31 bits per heavy atom. The number of hydrogen-bond acceptors (Lipinski definition) is 6. The third kappa shape index (κ3) is 6.19. The van der Waals surface area contributed by atoms with Gasteiger partial charge in [0.25, 0.3) is 11.6 Å². The van der Waals surface area contributed by atoms with Crippen molar-refractivity contribution in [2.24, 2.45) is 5.92 Å². The number of rotatable bonds is 10. The van der Waals surface area contributed by atoms with Crippen LogP contribution in [0.5, 0.6) is 11.5 Å². The molecule has 172 valence electrons. The number of nitrogens with one attached hydrogen (secondary N) is 2. The Morgan fingerprint density at radius 1 is 1.09 bits per heavy atom. The maximum absolute atomic E-state index is 12.7. The van der Waals surface area contributed by atoms with Gasteiger partial charge in [-0.25, -0.2) is 0 Å². The first-order chi connectivity index (χ1) is 15.2. The van der Waals surface area contributed by atoms with E-state index < -0.39 is 11.0 Å². The topological polar surface area (TPSA) is 120 Å². The van der Waals surface area contributed by atoms with E-state index in [1.54, 1.807) is 18.2 Å². The van der Waals surface area contributed by atoms with Gasteiger partial charge < -0.3 is 20.1 Å². The van der Waals surface area contributed by atoms with Crippen LogP contribution in [0.25, 0.3) is 0 Å². The summed E-state index contributed by atoms with van der Waals surface area (Å²) in [4.78, 5) is 36.3. The average molecular weight is 444 g/mol. The number of ether oxygens (including phenoxy) is 2. The molecule has 0 bridgehead atoms. The Hall–Kier alpha value is -3.62. The third-order valence-electron chi connectivity index (χ3n) is 4.99.